The maximum absolute atomic E-state index is 13.9. The molecule has 0 radical (unpaired) electrons. The van der Waals surface area contributed by atoms with E-state index in [1.54, 1.807) is 18.2 Å². The fraction of sp³-hybridized carbons (Fsp3) is 0.263. The highest BCUT2D eigenvalue weighted by molar-refractivity contribution is 7.15. The van der Waals surface area contributed by atoms with Crippen molar-refractivity contribution in [2.45, 2.75) is 25.7 Å². The van der Waals surface area contributed by atoms with Gasteiger partial charge in [-0.1, -0.05) is 18.2 Å². The Labute approximate surface area is 161 Å². The molecule has 1 aliphatic heterocycles. The fourth-order valence-electron chi connectivity index (χ4n) is 3.24. The molecule has 2 aromatic heterocycles. The molecule has 1 aliphatic rings. The van der Waals surface area contributed by atoms with Gasteiger partial charge in [0.2, 0.25) is 5.82 Å². The highest BCUT2D eigenvalue weighted by atomic mass is 32.1. The molecule has 0 bridgehead atoms. The van der Waals surface area contributed by atoms with Crippen LogP contribution in [0.15, 0.2) is 41.2 Å². The van der Waals surface area contributed by atoms with Gasteiger partial charge in [-0.3, -0.25) is 9.69 Å². The molecule has 4 nitrogen and oxygen atoms in total. The minimum absolute atomic E-state index is 0.200. The average Bonchev–Trinajstić information content (AvgIpc) is 3.10. The molecular formula is C19H15F4N3OS. The van der Waals surface area contributed by atoms with Crippen LogP contribution in [-0.2, 0) is 25.7 Å². The average molecular weight is 409 g/mol. The summed E-state index contributed by atoms with van der Waals surface area (Å²) in [6, 6.07) is 10.3. The molecule has 4 rings (SSSR count). The number of halogens is 4. The van der Waals surface area contributed by atoms with Gasteiger partial charge in [0.15, 0.2) is 0 Å². The van der Waals surface area contributed by atoms with Gasteiger partial charge in [-0.15, -0.1) is 11.3 Å². The number of thiophene rings is 1. The fourth-order valence-corrected chi connectivity index (χ4v) is 4.32. The van der Waals surface area contributed by atoms with Crippen molar-refractivity contribution in [2.24, 2.45) is 0 Å². The minimum Gasteiger partial charge on any atom is -0.303 e. The van der Waals surface area contributed by atoms with E-state index < -0.39 is 17.6 Å². The molecule has 0 saturated heterocycles. The third kappa shape index (κ3) is 3.72. The maximum Gasteiger partial charge on any atom is 0.449 e. The van der Waals surface area contributed by atoms with Gasteiger partial charge in [-0.05, 0) is 18.2 Å². The molecule has 28 heavy (non-hydrogen) atoms. The summed E-state index contributed by atoms with van der Waals surface area (Å²) in [5.41, 5.74) is 0.249. The maximum atomic E-state index is 13.9. The number of hydrogen-bond donors (Lipinski definition) is 1. The first-order chi connectivity index (χ1) is 13.3. The Kier molecular flexibility index (Phi) is 4.80. The third-order valence-electron chi connectivity index (χ3n) is 4.60. The third-order valence-corrected chi connectivity index (χ3v) is 5.70. The number of fused-ring (bicyclic) bond motifs is 1. The molecule has 0 aliphatic carbocycles. The second kappa shape index (κ2) is 7.14. The molecular weight excluding hydrogens is 394 g/mol. The Morgan fingerprint density at radius 2 is 1.96 bits per heavy atom. The number of H-pyrrole nitrogens is 1. The largest absolute Gasteiger partial charge is 0.449 e. The lowest BCUT2D eigenvalue weighted by Gasteiger charge is -2.27. The lowest BCUT2D eigenvalue weighted by molar-refractivity contribution is -0.145. The molecule has 1 N–H and O–H groups in total. The number of benzene rings is 1. The van der Waals surface area contributed by atoms with E-state index in [4.69, 9.17) is 0 Å². The van der Waals surface area contributed by atoms with E-state index >= 15 is 0 Å². The van der Waals surface area contributed by atoms with Crippen LogP contribution in [0.5, 0.6) is 0 Å². The molecule has 0 amide bonds. The summed E-state index contributed by atoms with van der Waals surface area (Å²) in [5.74, 6) is -1.54. The lowest BCUT2D eigenvalue weighted by atomic mass is 10.1. The number of rotatable bonds is 3. The topological polar surface area (TPSA) is 49.0 Å². The van der Waals surface area contributed by atoms with Crippen LogP contribution in [0.25, 0.3) is 10.4 Å². The van der Waals surface area contributed by atoms with E-state index in [0.29, 0.717) is 18.7 Å². The van der Waals surface area contributed by atoms with Gasteiger partial charge < -0.3 is 4.98 Å². The van der Waals surface area contributed by atoms with Gasteiger partial charge in [0.25, 0.3) is 5.56 Å². The molecule has 0 fully saturated rings. The van der Waals surface area contributed by atoms with Crippen molar-refractivity contribution in [2.75, 3.05) is 6.54 Å². The Morgan fingerprint density at radius 3 is 2.71 bits per heavy atom. The van der Waals surface area contributed by atoms with Gasteiger partial charge in [-0.25, -0.2) is 9.37 Å². The monoisotopic (exact) mass is 409 g/mol. The molecule has 1 aromatic carbocycles. The second-order valence-corrected chi connectivity index (χ2v) is 7.71. The first-order valence-electron chi connectivity index (χ1n) is 8.56. The van der Waals surface area contributed by atoms with E-state index in [0.717, 1.165) is 9.75 Å². The first kappa shape index (κ1) is 18.8. The second-order valence-electron chi connectivity index (χ2n) is 6.54. The van der Waals surface area contributed by atoms with Crippen molar-refractivity contribution >= 4 is 11.3 Å². The Morgan fingerprint density at radius 1 is 1.18 bits per heavy atom. The summed E-state index contributed by atoms with van der Waals surface area (Å²) < 4.78 is 52.4. The summed E-state index contributed by atoms with van der Waals surface area (Å²) in [4.78, 5) is 21.3. The molecule has 3 aromatic rings. The number of aromatic amines is 1. The van der Waals surface area contributed by atoms with Gasteiger partial charge in [0.1, 0.15) is 5.82 Å². The Bertz CT molecular complexity index is 1070. The van der Waals surface area contributed by atoms with Gasteiger partial charge in [0, 0.05) is 41.4 Å². The Balaban J connectivity index is 1.52. The highest BCUT2D eigenvalue weighted by Gasteiger charge is 2.36. The molecule has 0 atom stereocenters. The van der Waals surface area contributed by atoms with E-state index in [-0.39, 0.29) is 30.0 Å². The molecule has 0 saturated carbocycles. The molecule has 146 valence electrons. The quantitative estimate of drug-likeness (QED) is 0.660. The highest BCUT2D eigenvalue weighted by Crippen LogP contribution is 2.31. The van der Waals surface area contributed by atoms with Crippen molar-refractivity contribution in [1.29, 1.82) is 0 Å². The lowest BCUT2D eigenvalue weighted by Crippen LogP contribution is -2.36. The Hall–Kier alpha value is -2.52. The van der Waals surface area contributed by atoms with Gasteiger partial charge in [-0.2, -0.15) is 13.2 Å². The zero-order valence-corrected chi connectivity index (χ0v) is 15.3. The van der Waals surface area contributed by atoms with Crippen molar-refractivity contribution in [1.82, 2.24) is 14.9 Å². The first-order valence-corrected chi connectivity index (χ1v) is 9.38. The zero-order valence-electron chi connectivity index (χ0n) is 14.5. The van der Waals surface area contributed by atoms with Gasteiger partial charge >= 0.3 is 6.18 Å². The molecule has 3 heterocycles. The van der Waals surface area contributed by atoms with Crippen LogP contribution in [0.1, 0.15) is 22.0 Å². The van der Waals surface area contributed by atoms with E-state index in [9.17, 15) is 22.4 Å². The van der Waals surface area contributed by atoms with Crippen LogP contribution in [-0.4, -0.2) is 21.4 Å². The van der Waals surface area contributed by atoms with Crippen molar-refractivity contribution in [3.05, 3.63) is 74.5 Å². The summed E-state index contributed by atoms with van der Waals surface area (Å²) >= 11 is 1.45. The van der Waals surface area contributed by atoms with Crippen molar-refractivity contribution in [3.8, 4) is 10.4 Å². The molecule has 0 unspecified atom stereocenters. The number of nitrogens with one attached hydrogen (secondary N) is 1. The minimum atomic E-state index is -4.68. The normalized spacial score (nSPS) is 14.9. The van der Waals surface area contributed by atoms with Crippen LogP contribution in [0.2, 0.25) is 0 Å². The number of hydrogen-bond acceptors (Lipinski definition) is 4. The summed E-state index contributed by atoms with van der Waals surface area (Å²) in [6.07, 6.45) is -4.40. The number of alkyl halides is 3. The van der Waals surface area contributed by atoms with Crippen molar-refractivity contribution in [3.63, 3.8) is 0 Å². The van der Waals surface area contributed by atoms with Gasteiger partial charge in [0.05, 0.1) is 11.3 Å². The van der Waals surface area contributed by atoms with Crippen LogP contribution >= 0.6 is 11.3 Å². The standard InChI is InChI=1S/C19H15F4N3OS/c20-14-4-2-1-3-12(14)16-6-5-11(28-16)9-26-8-7-15-13(10-26)17(27)25-18(24-15)19(21,22)23/h1-6H,7-10H2,(H,24,25,27). The molecule has 9 heteroatoms. The van der Waals surface area contributed by atoms with E-state index in [1.165, 1.54) is 17.4 Å². The number of aromatic nitrogens is 2. The SMILES string of the molecule is O=c1[nH]c(C(F)(F)F)nc2c1CN(Cc1ccc(-c3ccccc3F)s1)CC2. The zero-order chi connectivity index (χ0) is 19.9. The molecule has 0 spiro atoms. The smallest absolute Gasteiger partial charge is 0.303 e. The summed E-state index contributed by atoms with van der Waals surface area (Å²) in [5, 5.41) is 0. The summed E-state index contributed by atoms with van der Waals surface area (Å²) in [7, 11) is 0. The van der Waals surface area contributed by atoms with Crippen LogP contribution in [0.4, 0.5) is 17.6 Å². The number of nitrogens with zero attached hydrogens (tertiary/aromatic N) is 2. The van der Waals surface area contributed by atoms with Crippen molar-refractivity contribution < 1.29 is 17.6 Å². The predicted molar refractivity (Wildman–Crippen MR) is 97.4 cm³/mol. The van der Waals surface area contributed by atoms with Crippen LogP contribution in [0.3, 0.4) is 0 Å². The summed E-state index contributed by atoms with van der Waals surface area (Å²) in [6.45, 7) is 1.25. The van der Waals surface area contributed by atoms with E-state index in [2.05, 4.69) is 4.98 Å². The van der Waals surface area contributed by atoms with Crippen LogP contribution < -0.4 is 5.56 Å². The predicted octanol–water partition coefficient (Wildman–Crippen LogP) is 4.21. The van der Waals surface area contributed by atoms with E-state index in [1.807, 2.05) is 22.0 Å². The van der Waals surface area contributed by atoms with Crippen LogP contribution in [0, 0.1) is 5.82 Å².